The molecule has 0 aliphatic carbocycles. The van der Waals surface area contributed by atoms with Gasteiger partial charge in [-0.15, -0.1) is 0 Å². The van der Waals surface area contributed by atoms with E-state index in [1.807, 2.05) is 48.5 Å². The Hall–Kier alpha value is -4.00. The van der Waals surface area contributed by atoms with Crippen molar-refractivity contribution in [3.05, 3.63) is 83.9 Å². The van der Waals surface area contributed by atoms with Crippen LogP contribution in [0.2, 0.25) is 0 Å². The molecule has 0 radical (unpaired) electrons. The van der Waals surface area contributed by atoms with E-state index in [9.17, 15) is 9.59 Å². The Morgan fingerprint density at radius 3 is 2.55 bits per heavy atom. The molecule has 0 aromatic heterocycles. The third-order valence-electron chi connectivity index (χ3n) is 5.42. The van der Waals surface area contributed by atoms with Crippen molar-refractivity contribution in [3.8, 4) is 17.2 Å². The zero-order valence-corrected chi connectivity index (χ0v) is 18.6. The molecule has 0 fully saturated rings. The Balaban J connectivity index is 1.30. The number of anilines is 1. The number of amides is 2. The molecule has 1 unspecified atom stereocenters. The highest BCUT2D eigenvalue weighted by molar-refractivity contribution is 5.98. The minimum atomic E-state index is -0.584. The number of ether oxygens (including phenoxy) is 3. The van der Waals surface area contributed by atoms with Crippen LogP contribution in [-0.2, 0) is 11.2 Å². The Bertz CT molecular complexity index is 1100. The smallest absolute Gasteiger partial charge is 0.265 e. The summed E-state index contributed by atoms with van der Waals surface area (Å²) in [5, 5.41) is 2.86. The lowest BCUT2D eigenvalue weighted by molar-refractivity contribution is -0.122. The van der Waals surface area contributed by atoms with Gasteiger partial charge in [0.25, 0.3) is 11.8 Å². The van der Waals surface area contributed by atoms with Gasteiger partial charge in [-0.2, -0.15) is 0 Å². The van der Waals surface area contributed by atoms with Gasteiger partial charge in [0.05, 0.1) is 13.7 Å². The van der Waals surface area contributed by atoms with Crippen molar-refractivity contribution < 1.29 is 23.8 Å². The zero-order chi connectivity index (χ0) is 23.2. The number of rotatable bonds is 8. The maximum absolute atomic E-state index is 12.8. The molecule has 7 heteroatoms. The van der Waals surface area contributed by atoms with E-state index in [1.165, 1.54) is 0 Å². The number of nitrogens with zero attached hydrogens (tertiary/aromatic N) is 1. The fourth-order valence-electron chi connectivity index (χ4n) is 3.58. The van der Waals surface area contributed by atoms with E-state index in [4.69, 9.17) is 14.2 Å². The van der Waals surface area contributed by atoms with Crippen LogP contribution >= 0.6 is 0 Å². The van der Waals surface area contributed by atoms with Gasteiger partial charge in [-0.05, 0) is 54.1 Å². The van der Waals surface area contributed by atoms with Crippen molar-refractivity contribution in [1.82, 2.24) is 4.90 Å². The quantitative estimate of drug-likeness (QED) is 0.570. The molecule has 3 aromatic rings. The summed E-state index contributed by atoms with van der Waals surface area (Å²) in [4.78, 5) is 27.1. The van der Waals surface area contributed by atoms with Crippen LogP contribution in [0, 0.1) is 0 Å². The Morgan fingerprint density at radius 2 is 1.79 bits per heavy atom. The largest absolute Gasteiger partial charge is 0.497 e. The second-order valence-corrected chi connectivity index (χ2v) is 7.74. The molecule has 1 atom stereocenters. The van der Waals surface area contributed by atoms with Crippen LogP contribution < -0.4 is 19.5 Å². The minimum absolute atomic E-state index is 0.158. The summed E-state index contributed by atoms with van der Waals surface area (Å²) < 4.78 is 16.6. The lowest BCUT2D eigenvalue weighted by atomic mass is 10.1. The number of hydrogen-bond donors (Lipinski definition) is 1. The number of carbonyl (C=O) groups is 2. The maximum Gasteiger partial charge on any atom is 0.265 e. The summed E-state index contributed by atoms with van der Waals surface area (Å²) in [6.07, 6.45) is -0.0584. The highest BCUT2D eigenvalue weighted by Gasteiger charge is 2.28. The molecule has 4 rings (SSSR count). The number of para-hydroxylation sites is 1. The molecule has 0 saturated carbocycles. The first-order chi connectivity index (χ1) is 16.0. The lowest BCUT2D eigenvalue weighted by Crippen LogP contribution is -2.32. The van der Waals surface area contributed by atoms with Crippen molar-refractivity contribution in [3.63, 3.8) is 0 Å². The van der Waals surface area contributed by atoms with Crippen LogP contribution in [0.15, 0.2) is 72.8 Å². The number of methoxy groups -OCH3 is 1. The molecular formula is C26H26N2O5. The first-order valence-electron chi connectivity index (χ1n) is 10.7. The van der Waals surface area contributed by atoms with Gasteiger partial charge in [-0.25, -0.2) is 0 Å². The van der Waals surface area contributed by atoms with E-state index < -0.39 is 6.10 Å². The van der Waals surface area contributed by atoms with Crippen LogP contribution in [0.25, 0.3) is 0 Å². The molecule has 7 nitrogen and oxygen atoms in total. The zero-order valence-electron chi connectivity index (χ0n) is 18.6. The molecule has 0 bridgehead atoms. The predicted octanol–water partition coefficient (Wildman–Crippen LogP) is 3.79. The number of likely N-dealkylation sites (N-methyl/N-ethyl adjacent to an activating group) is 1. The lowest BCUT2D eigenvalue weighted by Gasteiger charge is -2.18. The summed E-state index contributed by atoms with van der Waals surface area (Å²) in [6, 6.07) is 21.8. The van der Waals surface area contributed by atoms with Gasteiger partial charge in [0.1, 0.15) is 23.9 Å². The van der Waals surface area contributed by atoms with Gasteiger partial charge in [0.2, 0.25) is 0 Å². The molecule has 1 heterocycles. The normalized spacial score (nSPS) is 14.1. The van der Waals surface area contributed by atoms with Gasteiger partial charge < -0.3 is 24.4 Å². The number of fused-ring (bicyclic) bond motifs is 1. The van der Waals surface area contributed by atoms with Gasteiger partial charge in [0, 0.05) is 24.7 Å². The molecule has 0 saturated heterocycles. The fraction of sp³-hybridized carbons (Fsp3) is 0.231. The molecule has 0 spiro atoms. The van der Waals surface area contributed by atoms with Crippen LogP contribution in [0.3, 0.4) is 0 Å². The van der Waals surface area contributed by atoms with Crippen molar-refractivity contribution in [2.24, 2.45) is 0 Å². The standard InChI is InChI=1S/C26H26N2O5/c1-28(14-15-32-22-12-10-21(31-2)11-13-22)26(30)19-7-5-8-20(16-19)27-25(29)24-17-18-6-3-4-9-23(18)33-24/h3-13,16,24H,14-15,17H2,1-2H3,(H,27,29). The third kappa shape index (κ3) is 5.44. The number of hydrogen-bond acceptors (Lipinski definition) is 5. The van der Waals surface area contributed by atoms with E-state index in [2.05, 4.69) is 5.32 Å². The van der Waals surface area contributed by atoms with Crippen LogP contribution in [0.5, 0.6) is 17.2 Å². The predicted molar refractivity (Wildman–Crippen MR) is 125 cm³/mol. The molecule has 33 heavy (non-hydrogen) atoms. The molecular weight excluding hydrogens is 420 g/mol. The monoisotopic (exact) mass is 446 g/mol. The number of carbonyl (C=O) groups excluding carboxylic acids is 2. The second kappa shape index (κ2) is 10.1. The first kappa shape index (κ1) is 22.2. The number of benzene rings is 3. The van der Waals surface area contributed by atoms with E-state index in [-0.39, 0.29) is 11.8 Å². The summed E-state index contributed by atoms with van der Waals surface area (Å²) in [5.41, 5.74) is 2.05. The van der Waals surface area contributed by atoms with Crippen molar-refractivity contribution in [2.75, 3.05) is 32.6 Å². The van der Waals surface area contributed by atoms with E-state index in [0.29, 0.717) is 36.6 Å². The van der Waals surface area contributed by atoms with E-state index in [1.54, 1.807) is 43.3 Å². The molecule has 170 valence electrons. The maximum atomic E-state index is 12.8. The third-order valence-corrected chi connectivity index (χ3v) is 5.42. The second-order valence-electron chi connectivity index (χ2n) is 7.74. The van der Waals surface area contributed by atoms with Gasteiger partial charge in [-0.1, -0.05) is 24.3 Å². The molecule has 1 N–H and O–H groups in total. The van der Waals surface area contributed by atoms with Gasteiger partial charge in [-0.3, -0.25) is 9.59 Å². The minimum Gasteiger partial charge on any atom is -0.497 e. The van der Waals surface area contributed by atoms with Gasteiger partial charge in [0.15, 0.2) is 6.10 Å². The highest BCUT2D eigenvalue weighted by Crippen LogP contribution is 2.28. The Kier molecular flexibility index (Phi) is 6.78. The van der Waals surface area contributed by atoms with E-state index >= 15 is 0 Å². The first-order valence-corrected chi connectivity index (χ1v) is 10.7. The van der Waals surface area contributed by atoms with Crippen molar-refractivity contribution in [1.29, 1.82) is 0 Å². The average molecular weight is 447 g/mol. The number of nitrogens with one attached hydrogen (secondary N) is 1. The van der Waals surface area contributed by atoms with Crippen LogP contribution in [0.1, 0.15) is 15.9 Å². The fourth-order valence-corrected chi connectivity index (χ4v) is 3.58. The molecule has 1 aliphatic rings. The van der Waals surface area contributed by atoms with E-state index in [0.717, 1.165) is 17.1 Å². The summed E-state index contributed by atoms with van der Waals surface area (Å²) in [7, 11) is 3.33. The topological polar surface area (TPSA) is 77.1 Å². The van der Waals surface area contributed by atoms with Crippen molar-refractivity contribution in [2.45, 2.75) is 12.5 Å². The molecule has 3 aromatic carbocycles. The van der Waals surface area contributed by atoms with Crippen LogP contribution in [-0.4, -0.2) is 50.1 Å². The Labute approximate surface area is 192 Å². The average Bonchev–Trinajstić information content (AvgIpc) is 3.29. The van der Waals surface area contributed by atoms with Gasteiger partial charge >= 0.3 is 0 Å². The molecule has 2 amide bonds. The van der Waals surface area contributed by atoms with Crippen LogP contribution in [0.4, 0.5) is 5.69 Å². The highest BCUT2D eigenvalue weighted by atomic mass is 16.5. The SMILES string of the molecule is COc1ccc(OCCN(C)C(=O)c2cccc(NC(=O)C3Cc4ccccc4O3)c2)cc1. The molecule has 1 aliphatic heterocycles. The van der Waals surface area contributed by atoms with Crippen molar-refractivity contribution >= 4 is 17.5 Å². The summed E-state index contributed by atoms with van der Waals surface area (Å²) >= 11 is 0. The summed E-state index contributed by atoms with van der Waals surface area (Å²) in [5.74, 6) is 1.80. The Morgan fingerprint density at radius 1 is 1.03 bits per heavy atom. The summed E-state index contributed by atoms with van der Waals surface area (Å²) in [6.45, 7) is 0.764.